The molecular weight excluding hydrogens is 396 g/mol. The number of aromatic nitrogens is 4. The molecule has 0 amide bonds. The van der Waals surface area contributed by atoms with Gasteiger partial charge in [0.15, 0.2) is 11.6 Å². The Morgan fingerprint density at radius 2 is 1.70 bits per heavy atom. The molecule has 9 heteroatoms. The van der Waals surface area contributed by atoms with Gasteiger partial charge in [0.25, 0.3) is 0 Å². The standard InChI is InChI=1S/C21H26N8S/c1-2-4-16(5-3-1)14-23-19-17-18(24-15-25-19)20(28-10-12-30-13-11-28)27-21(26-17)29-8-6-22-7-9-29/h1-5,15,22H,6-14H2,(H,23,24,25). The predicted octanol–water partition coefficient (Wildman–Crippen LogP) is 1.99. The topological polar surface area (TPSA) is 82.1 Å². The van der Waals surface area contributed by atoms with E-state index in [1.807, 2.05) is 30.0 Å². The van der Waals surface area contributed by atoms with Crippen LogP contribution in [0.15, 0.2) is 36.7 Å². The van der Waals surface area contributed by atoms with Crippen molar-refractivity contribution in [2.45, 2.75) is 6.54 Å². The second-order valence-corrected chi connectivity index (χ2v) is 8.67. The summed E-state index contributed by atoms with van der Waals surface area (Å²) in [6.07, 6.45) is 1.62. The average Bonchev–Trinajstić information content (AvgIpc) is 2.84. The molecule has 0 saturated carbocycles. The first-order valence-electron chi connectivity index (χ1n) is 10.5. The molecule has 8 nitrogen and oxygen atoms in total. The van der Waals surface area contributed by atoms with Gasteiger partial charge in [-0.05, 0) is 5.56 Å². The molecule has 2 aliphatic heterocycles. The van der Waals surface area contributed by atoms with Crippen LogP contribution in [0.25, 0.3) is 11.0 Å². The minimum Gasteiger partial charge on any atom is -0.364 e. The Labute approximate surface area is 180 Å². The maximum absolute atomic E-state index is 4.99. The monoisotopic (exact) mass is 422 g/mol. The molecule has 0 radical (unpaired) electrons. The molecule has 2 N–H and O–H groups in total. The van der Waals surface area contributed by atoms with E-state index >= 15 is 0 Å². The molecule has 0 unspecified atom stereocenters. The fraction of sp³-hybridized carbons (Fsp3) is 0.429. The van der Waals surface area contributed by atoms with E-state index < -0.39 is 0 Å². The van der Waals surface area contributed by atoms with Gasteiger partial charge in [-0.1, -0.05) is 30.3 Å². The molecule has 156 valence electrons. The van der Waals surface area contributed by atoms with Gasteiger partial charge in [0.2, 0.25) is 5.95 Å². The maximum Gasteiger partial charge on any atom is 0.228 e. The van der Waals surface area contributed by atoms with Gasteiger partial charge >= 0.3 is 0 Å². The fourth-order valence-corrected chi connectivity index (χ4v) is 4.74. The molecule has 2 saturated heterocycles. The molecule has 0 spiro atoms. The van der Waals surface area contributed by atoms with Crippen molar-refractivity contribution in [1.29, 1.82) is 0 Å². The summed E-state index contributed by atoms with van der Waals surface area (Å²) in [6, 6.07) is 10.3. The molecule has 0 bridgehead atoms. The zero-order chi connectivity index (χ0) is 20.2. The van der Waals surface area contributed by atoms with E-state index in [1.54, 1.807) is 6.33 Å². The molecule has 3 aromatic rings. The van der Waals surface area contributed by atoms with Crippen LogP contribution in [-0.4, -0.2) is 70.7 Å². The van der Waals surface area contributed by atoms with Crippen LogP contribution in [-0.2, 0) is 6.54 Å². The smallest absolute Gasteiger partial charge is 0.228 e. The van der Waals surface area contributed by atoms with Crippen molar-refractivity contribution in [2.75, 3.05) is 65.9 Å². The van der Waals surface area contributed by atoms with Gasteiger partial charge in [-0.2, -0.15) is 16.7 Å². The summed E-state index contributed by atoms with van der Waals surface area (Å²) in [7, 11) is 0. The fourth-order valence-electron chi connectivity index (χ4n) is 3.83. The molecule has 2 aliphatic rings. The van der Waals surface area contributed by atoms with Crippen molar-refractivity contribution in [1.82, 2.24) is 25.3 Å². The van der Waals surface area contributed by atoms with E-state index in [1.165, 1.54) is 5.56 Å². The third kappa shape index (κ3) is 4.13. The minimum absolute atomic E-state index is 0.690. The van der Waals surface area contributed by atoms with Crippen LogP contribution in [0, 0.1) is 0 Å². The van der Waals surface area contributed by atoms with Crippen molar-refractivity contribution in [3.8, 4) is 0 Å². The number of thioether (sulfide) groups is 1. The number of hydrogen-bond acceptors (Lipinski definition) is 9. The summed E-state index contributed by atoms with van der Waals surface area (Å²) in [5.41, 5.74) is 2.82. The first-order valence-corrected chi connectivity index (χ1v) is 11.6. The van der Waals surface area contributed by atoms with Gasteiger partial charge in [-0.3, -0.25) is 0 Å². The Morgan fingerprint density at radius 3 is 2.50 bits per heavy atom. The van der Waals surface area contributed by atoms with E-state index in [4.69, 9.17) is 9.97 Å². The van der Waals surface area contributed by atoms with Crippen molar-refractivity contribution in [3.63, 3.8) is 0 Å². The highest BCUT2D eigenvalue weighted by Crippen LogP contribution is 2.30. The van der Waals surface area contributed by atoms with Crippen LogP contribution in [0.5, 0.6) is 0 Å². The van der Waals surface area contributed by atoms with Crippen LogP contribution < -0.4 is 20.4 Å². The number of fused-ring (bicyclic) bond motifs is 1. The quantitative estimate of drug-likeness (QED) is 0.641. The number of benzene rings is 1. The lowest BCUT2D eigenvalue weighted by atomic mass is 10.2. The highest BCUT2D eigenvalue weighted by atomic mass is 32.2. The Balaban J connectivity index is 1.55. The molecule has 0 atom stereocenters. The van der Waals surface area contributed by atoms with E-state index in [9.17, 15) is 0 Å². The molecule has 30 heavy (non-hydrogen) atoms. The lowest BCUT2D eigenvalue weighted by Gasteiger charge is -2.31. The number of anilines is 3. The molecule has 2 fully saturated rings. The minimum atomic E-state index is 0.690. The van der Waals surface area contributed by atoms with Gasteiger partial charge < -0.3 is 20.4 Å². The molecule has 1 aromatic carbocycles. The summed E-state index contributed by atoms with van der Waals surface area (Å²) in [5.74, 6) is 4.68. The molecule has 4 heterocycles. The summed E-state index contributed by atoms with van der Waals surface area (Å²) in [6.45, 7) is 6.35. The molecule has 5 rings (SSSR count). The van der Waals surface area contributed by atoms with Crippen molar-refractivity contribution >= 4 is 40.4 Å². The van der Waals surface area contributed by atoms with E-state index in [-0.39, 0.29) is 0 Å². The van der Waals surface area contributed by atoms with Crippen LogP contribution in [0.3, 0.4) is 0 Å². The normalized spacial score (nSPS) is 17.3. The SMILES string of the molecule is c1ccc(CNc2ncnc3c(N4CCSCC4)nc(N4CCNCC4)nc23)cc1. The summed E-state index contributed by atoms with van der Waals surface area (Å²) < 4.78 is 0. The third-order valence-electron chi connectivity index (χ3n) is 5.47. The van der Waals surface area contributed by atoms with Gasteiger partial charge in [-0.25, -0.2) is 15.0 Å². The van der Waals surface area contributed by atoms with Crippen LogP contribution in [0.4, 0.5) is 17.6 Å². The highest BCUT2D eigenvalue weighted by Gasteiger charge is 2.23. The van der Waals surface area contributed by atoms with Gasteiger partial charge in [0.1, 0.15) is 17.4 Å². The first kappa shape index (κ1) is 19.3. The Hall–Kier alpha value is -2.65. The van der Waals surface area contributed by atoms with Crippen LogP contribution in [0.1, 0.15) is 5.56 Å². The second-order valence-electron chi connectivity index (χ2n) is 7.44. The molecule has 0 aliphatic carbocycles. The second kappa shape index (κ2) is 9.01. The van der Waals surface area contributed by atoms with Crippen molar-refractivity contribution < 1.29 is 0 Å². The molecule has 2 aromatic heterocycles. The number of rotatable bonds is 5. The number of nitrogens with zero attached hydrogens (tertiary/aromatic N) is 6. The van der Waals surface area contributed by atoms with Gasteiger partial charge in [0, 0.05) is 57.3 Å². The number of nitrogens with one attached hydrogen (secondary N) is 2. The van der Waals surface area contributed by atoms with Gasteiger partial charge in [0.05, 0.1) is 0 Å². The predicted molar refractivity (Wildman–Crippen MR) is 124 cm³/mol. The zero-order valence-electron chi connectivity index (χ0n) is 16.9. The van der Waals surface area contributed by atoms with Gasteiger partial charge in [-0.15, -0.1) is 0 Å². The zero-order valence-corrected chi connectivity index (χ0v) is 17.7. The first-order chi connectivity index (χ1) is 14.9. The summed E-state index contributed by atoms with van der Waals surface area (Å²) in [4.78, 5) is 23.7. The number of hydrogen-bond donors (Lipinski definition) is 2. The molecular formula is C21H26N8S. The van der Waals surface area contributed by atoms with Crippen LogP contribution in [0.2, 0.25) is 0 Å². The average molecular weight is 423 g/mol. The number of piperazine rings is 1. The largest absolute Gasteiger partial charge is 0.364 e. The van der Waals surface area contributed by atoms with Crippen LogP contribution >= 0.6 is 11.8 Å². The maximum atomic E-state index is 4.99. The Bertz CT molecular complexity index is 987. The summed E-state index contributed by atoms with van der Waals surface area (Å²) in [5, 5.41) is 6.87. The Kier molecular flexibility index (Phi) is 5.80. The lowest BCUT2D eigenvalue weighted by molar-refractivity contribution is 0.580. The van der Waals surface area contributed by atoms with E-state index in [0.29, 0.717) is 6.54 Å². The summed E-state index contributed by atoms with van der Waals surface area (Å²) >= 11 is 1.99. The van der Waals surface area contributed by atoms with Crippen molar-refractivity contribution in [3.05, 3.63) is 42.2 Å². The highest BCUT2D eigenvalue weighted by molar-refractivity contribution is 7.99. The van der Waals surface area contributed by atoms with Crippen molar-refractivity contribution in [2.24, 2.45) is 0 Å². The van der Waals surface area contributed by atoms with E-state index in [0.717, 1.165) is 79.4 Å². The lowest BCUT2D eigenvalue weighted by Crippen LogP contribution is -2.44. The Morgan fingerprint density at radius 1 is 0.900 bits per heavy atom. The third-order valence-corrected chi connectivity index (χ3v) is 6.41. The van der Waals surface area contributed by atoms with E-state index in [2.05, 4.69) is 42.5 Å².